The fraction of sp³-hybridized carbons (Fsp3) is 0.562. The summed E-state index contributed by atoms with van der Waals surface area (Å²) < 4.78 is 0. The van der Waals surface area contributed by atoms with Crippen LogP contribution < -0.4 is 0 Å². The van der Waals surface area contributed by atoms with Crippen molar-refractivity contribution in [2.45, 2.75) is 78.6 Å². The summed E-state index contributed by atoms with van der Waals surface area (Å²) in [5.41, 5.74) is 2.90. The molecule has 0 aliphatic carbocycles. The third kappa shape index (κ3) is 7.01. The lowest BCUT2D eigenvalue weighted by atomic mass is 9.78. The molecule has 2 aromatic carbocycles. The van der Waals surface area contributed by atoms with E-state index in [0.29, 0.717) is 18.0 Å². The minimum atomic E-state index is -0.297. The summed E-state index contributed by atoms with van der Waals surface area (Å²) in [4.78, 5) is 20.7. The van der Waals surface area contributed by atoms with Crippen molar-refractivity contribution >= 4 is 11.6 Å². The molecular formula is C32H46N2O3. The molecule has 1 heterocycles. The van der Waals surface area contributed by atoms with Gasteiger partial charge >= 0.3 is 0 Å². The number of hydrogen-bond donors (Lipinski definition) is 2. The predicted molar refractivity (Wildman–Crippen MR) is 153 cm³/mol. The van der Waals surface area contributed by atoms with E-state index in [0.717, 1.165) is 42.8 Å². The smallest absolute Gasteiger partial charge is 0.182 e. The fourth-order valence-corrected chi connectivity index (χ4v) is 5.47. The summed E-state index contributed by atoms with van der Waals surface area (Å²) in [6.45, 7) is 15.9. The molecule has 2 N–H and O–H groups in total. The summed E-state index contributed by atoms with van der Waals surface area (Å²) in [6.07, 6.45) is 3.02. The SMILES string of the molecule is CCC[C@H]1CN(CC(=O)c2cc(C(C)(C)C)c(O)c(C(C)(C)C)c2)C(=NCCO)[C@@H]1Cc1ccccc1. The third-order valence-corrected chi connectivity index (χ3v) is 7.39. The van der Waals surface area contributed by atoms with Crippen LogP contribution in [0.25, 0.3) is 0 Å². The number of likely N-dealkylation sites (tertiary alicyclic amines) is 1. The molecule has 0 aromatic heterocycles. The van der Waals surface area contributed by atoms with Crippen LogP contribution in [0.4, 0.5) is 0 Å². The van der Waals surface area contributed by atoms with Gasteiger partial charge in [0.25, 0.3) is 0 Å². The second kappa shape index (κ2) is 11.8. The van der Waals surface area contributed by atoms with Crippen LogP contribution in [-0.4, -0.2) is 53.0 Å². The van der Waals surface area contributed by atoms with Gasteiger partial charge in [-0.2, -0.15) is 0 Å². The van der Waals surface area contributed by atoms with E-state index < -0.39 is 0 Å². The van der Waals surface area contributed by atoms with Crippen LogP contribution in [0.5, 0.6) is 5.75 Å². The molecule has 5 heteroatoms. The van der Waals surface area contributed by atoms with E-state index in [1.54, 1.807) is 0 Å². The first kappa shape index (κ1) is 28.9. The monoisotopic (exact) mass is 506 g/mol. The van der Waals surface area contributed by atoms with Crippen molar-refractivity contribution in [3.8, 4) is 5.75 Å². The molecule has 3 rings (SSSR count). The van der Waals surface area contributed by atoms with Crippen molar-refractivity contribution in [2.75, 3.05) is 26.2 Å². The summed E-state index contributed by atoms with van der Waals surface area (Å²) in [6, 6.07) is 14.2. The van der Waals surface area contributed by atoms with E-state index in [1.165, 1.54) is 5.56 Å². The number of aromatic hydroxyl groups is 1. The topological polar surface area (TPSA) is 73.1 Å². The Labute approximate surface area is 223 Å². The van der Waals surface area contributed by atoms with Crippen molar-refractivity contribution in [1.82, 2.24) is 4.90 Å². The van der Waals surface area contributed by atoms with Crippen LogP contribution >= 0.6 is 0 Å². The highest BCUT2D eigenvalue weighted by molar-refractivity contribution is 6.01. The van der Waals surface area contributed by atoms with E-state index in [-0.39, 0.29) is 41.4 Å². The molecule has 5 nitrogen and oxygen atoms in total. The molecule has 0 spiro atoms. The van der Waals surface area contributed by atoms with Gasteiger partial charge in [0, 0.05) is 29.2 Å². The van der Waals surface area contributed by atoms with Crippen LogP contribution in [0.15, 0.2) is 47.5 Å². The summed E-state index contributed by atoms with van der Waals surface area (Å²) in [5, 5.41) is 20.6. The number of Topliss-reactive ketones (excluding diaryl/α,β-unsaturated/α-hetero) is 1. The Kier molecular flexibility index (Phi) is 9.22. The average Bonchev–Trinajstić information content (AvgIpc) is 3.12. The first-order valence-corrected chi connectivity index (χ1v) is 13.7. The van der Waals surface area contributed by atoms with Gasteiger partial charge in [-0.3, -0.25) is 9.79 Å². The van der Waals surface area contributed by atoms with Crippen molar-refractivity contribution < 1.29 is 15.0 Å². The summed E-state index contributed by atoms with van der Waals surface area (Å²) in [5.74, 6) is 1.88. The minimum absolute atomic E-state index is 0.0103. The molecular weight excluding hydrogens is 460 g/mol. The molecule has 2 aromatic rings. The molecule has 1 fully saturated rings. The molecule has 0 bridgehead atoms. The van der Waals surface area contributed by atoms with E-state index in [4.69, 9.17) is 4.99 Å². The highest BCUT2D eigenvalue weighted by Gasteiger charge is 2.38. The van der Waals surface area contributed by atoms with Crippen molar-refractivity contribution in [2.24, 2.45) is 16.8 Å². The number of carbonyl (C=O) groups excluding carboxylic acids is 1. The number of amidine groups is 1. The highest BCUT2D eigenvalue weighted by atomic mass is 16.3. The molecule has 0 radical (unpaired) electrons. The summed E-state index contributed by atoms with van der Waals surface area (Å²) in [7, 11) is 0. The molecule has 0 saturated carbocycles. The van der Waals surface area contributed by atoms with Crippen molar-refractivity contribution in [1.29, 1.82) is 0 Å². The Morgan fingerprint density at radius 1 is 1.03 bits per heavy atom. The molecule has 202 valence electrons. The zero-order valence-corrected chi connectivity index (χ0v) is 23.8. The number of ketones is 1. The lowest BCUT2D eigenvalue weighted by Gasteiger charge is -2.28. The molecule has 2 atom stereocenters. The van der Waals surface area contributed by atoms with Gasteiger partial charge in [0.05, 0.1) is 19.7 Å². The molecule has 1 aliphatic heterocycles. The van der Waals surface area contributed by atoms with Gasteiger partial charge in [0.2, 0.25) is 0 Å². The van der Waals surface area contributed by atoms with Crippen LogP contribution in [0, 0.1) is 11.8 Å². The van der Waals surface area contributed by atoms with Gasteiger partial charge in [0.15, 0.2) is 5.78 Å². The van der Waals surface area contributed by atoms with Gasteiger partial charge in [-0.25, -0.2) is 0 Å². The van der Waals surface area contributed by atoms with Crippen LogP contribution in [0.2, 0.25) is 0 Å². The van der Waals surface area contributed by atoms with E-state index in [9.17, 15) is 15.0 Å². The lowest BCUT2D eigenvalue weighted by molar-refractivity contribution is 0.0963. The quantitative estimate of drug-likeness (QED) is 0.400. The number of phenols is 1. The van der Waals surface area contributed by atoms with Gasteiger partial charge < -0.3 is 15.1 Å². The zero-order valence-electron chi connectivity index (χ0n) is 23.8. The molecule has 0 amide bonds. The van der Waals surface area contributed by atoms with Gasteiger partial charge in [-0.1, -0.05) is 85.2 Å². The van der Waals surface area contributed by atoms with Crippen LogP contribution in [0.3, 0.4) is 0 Å². The minimum Gasteiger partial charge on any atom is -0.507 e. The number of aliphatic hydroxyl groups is 1. The van der Waals surface area contributed by atoms with Crippen LogP contribution in [0.1, 0.15) is 88.4 Å². The van der Waals surface area contributed by atoms with Gasteiger partial charge in [-0.05, 0) is 47.3 Å². The zero-order chi connectivity index (χ0) is 27.4. The number of benzene rings is 2. The van der Waals surface area contributed by atoms with E-state index in [1.807, 2.05) is 18.2 Å². The number of aliphatic hydroxyl groups excluding tert-OH is 1. The molecule has 37 heavy (non-hydrogen) atoms. The number of aliphatic imine (C=N–C) groups is 1. The number of hydrogen-bond acceptors (Lipinski definition) is 4. The Morgan fingerprint density at radius 3 is 2.14 bits per heavy atom. The highest BCUT2D eigenvalue weighted by Crippen LogP contribution is 2.40. The maximum Gasteiger partial charge on any atom is 0.182 e. The predicted octanol–water partition coefficient (Wildman–Crippen LogP) is 6.15. The fourth-order valence-electron chi connectivity index (χ4n) is 5.47. The average molecular weight is 507 g/mol. The first-order valence-electron chi connectivity index (χ1n) is 13.7. The maximum atomic E-state index is 13.8. The first-order chi connectivity index (χ1) is 17.4. The van der Waals surface area contributed by atoms with Gasteiger partial charge in [0.1, 0.15) is 11.6 Å². The largest absolute Gasteiger partial charge is 0.507 e. The third-order valence-electron chi connectivity index (χ3n) is 7.39. The normalized spacial score (nSPS) is 19.6. The van der Waals surface area contributed by atoms with Crippen molar-refractivity contribution in [3.63, 3.8) is 0 Å². The molecule has 1 aliphatic rings. The van der Waals surface area contributed by atoms with Gasteiger partial charge in [-0.15, -0.1) is 0 Å². The summed E-state index contributed by atoms with van der Waals surface area (Å²) >= 11 is 0. The van der Waals surface area contributed by atoms with E-state index >= 15 is 0 Å². The molecule has 0 unspecified atom stereocenters. The second-order valence-corrected chi connectivity index (χ2v) is 12.5. The van der Waals surface area contributed by atoms with Crippen molar-refractivity contribution in [3.05, 3.63) is 64.7 Å². The molecule has 1 saturated heterocycles. The Hall–Kier alpha value is -2.66. The number of nitrogens with zero attached hydrogens (tertiary/aromatic N) is 2. The number of phenolic OH excluding ortho intramolecular Hbond substituents is 1. The van der Waals surface area contributed by atoms with Crippen LogP contribution in [-0.2, 0) is 17.3 Å². The Morgan fingerprint density at radius 2 is 1.62 bits per heavy atom. The standard InChI is InChI=1S/C32H46N2O3/c1-8-12-23-20-34(30(33-15-16-35)25(23)17-22-13-10-9-11-14-22)21-28(36)24-18-26(31(2,3)4)29(37)27(19-24)32(5,6)7/h9-11,13-14,18-19,23,25,35,37H,8,12,15-17,20-21H2,1-7H3/t23-,25+/m0/s1. The maximum absolute atomic E-state index is 13.8. The van der Waals surface area contributed by atoms with E-state index in [2.05, 4.69) is 77.6 Å². The Balaban J connectivity index is 1.97. The lowest BCUT2D eigenvalue weighted by Crippen LogP contribution is -2.34. The number of rotatable bonds is 9. The Bertz CT molecular complexity index is 1060. The number of carbonyl (C=O) groups is 1. The second-order valence-electron chi connectivity index (χ2n) is 12.5.